The number of nitrogens with one attached hydrogen (secondary N) is 1. The van der Waals surface area contributed by atoms with E-state index in [1.165, 1.54) is 12.1 Å². The number of aryl methyl sites for hydroxylation is 1. The van der Waals surface area contributed by atoms with Gasteiger partial charge in [-0.05, 0) is 59.5 Å². The minimum Gasteiger partial charge on any atom is -0.508 e. The molecule has 0 unspecified atom stereocenters. The topological polar surface area (TPSA) is 78.8 Å². The minimum atomic E-state index is -1.16. The summed E-state index contributed by atoms with van der Waals surface area (Å²) in [6, 6.07) is 17.5. The Morgan fingerprint density at radius 1 is 1.11 bits per heavy atom. The third-order valence-corrected chi connectivity index (χ3v) is 4.23. The van der Waals surface area contributed by atoms with Gasteiger partial charge in [-0.3, -0.25) is 0 Å². The lowest BCUT2D eigenvalue weighted by atomic mass is 9.98. The van der Waals surface area contributed by atoms with Crippen LogP contribution < -0.4 is 10.1 Å². The van der Waals surface area contributed by atoms with Crippen molar-refractivity contribution in [2.75, 3.05) is 11.9 Å². The van der Waals surface area contributed by atoms with Crippen LogP contribution in [0.25, 0.3) is 11.1 Å². The van der Waals surface area contributed by atoms with Crippen LogP contribution in [-0.2, 0) is 11.3 Å². The van der Waals surface area contributed by atoms with Gasteiger partial charge in [0.05, 0.1) is 0 Å². The van der Waals surface area contributed by atoms with Crippen molar-refractivity contribution in [2.24, 2.45) is 0 Å². The van der Waals surface area contributed by atoms with E-state index in [-0.39, 0.29) is 11.5 Å². The van der Waals surface area contributed by atoms with Crippen molar-refractivity contribution < 1.29 is 24.1 Å². The molecule has 0 saturated carbocycles. The zero-order valence-electron chi connectivity index (χ0n) is 15.3. The predicted molar refractivity (Wildman–Crippen MR) is 105 cm³/mol. The maximum absolute atomic E-state index is 14.0. The van der Waals surface area contributed by atoms with Gasteiger partial charge in [0.15, 0.2) is 18.2 Å². The molecule has 0 aliphatic rings. The molecule has 0 atom stereocenters. The molecule has 0 fully saturated rings. The molecule has 6 heteroatoms. The van der Waals surface area contributed by atoms with Crippen molar-refractivity contribution in [1.29, 1.82) is 0 Å². The number of carbonyl (C=O) groups is 1. The van der Waals surface area contributed by atoms with Gasteiger partial charge in [0.25, 0.3) is 0 Å². The number of ether oxygens (including phenoxy) is 1. The molecule has 3 aromatic carbocycles. The van der Waals surface area contributed by atoms with Crippen LogP contribution in [0.1, 0.15) is 11.1 Å². The number of phenols is 1. The van der Waals surface area contributed by atoms with Crippen LogP contribution in [0.15, 0.2) is 60.7 Å². The molecule has 5 nitrogen and oxygen atoms in total. The Labute approximate surface area is 162 Å². The number of carboxylic acids is 1. The number of phenolic OH excluding ortho intramolecular Hbond substituents is 1. The normalized spacial score (nSPS) is 10.5. The summed E-state index contributed by atoms with van der Waals surface area (Å²) >= 11 is 0. The fraction of sp³-hybridized carbons (Fsp3) is 0.136. The molecule has 3 rings (SSSR count). The summed E-state index contributed by atoms with van der Waals surface area (Å²) in [5, 5.41) is 21.3. The van der Waals surface area contributed by atoms with E-state index >= 15 is 0 Å². The second kappa shape index (κ2) is 8.43. The van der Waals surface area contributed by atoms with Crippen molar-refractivity contribution in [1.82, 2.24) is 0 Å². The van der Waals surface area contributed by atoms with Gasteiger partial charge < -0.3 is 20.3 Å². The monoisotopic (exact) mass is 381 g/mol. The maximum Gasteiger partial charge on any atom is 0.341 e. The summed E-state index contributed by atoms with van der Waals surface area (Å²) < 4.78 is 18.9. The van der Waals surface area contributed by atoms with Gasteiger partial charge in [-0.1, -0.05) is 24.3 Å². The maximum atomic E-state index is 14.0. The summed E-state index contributed by atoms with van der Waals surface area (Å²) in [4.78, 5) is 10.5. The number of hydrogen-bond donors (Lipinski definition) is 3. The van der Waals surface area contributed by atoms with Gasteiger partial charge in [-0.25, -0.2) is 9.18 Å². The lowest BCUT2D eigenvalue weighted by Crippen LogP contribution is -2.10. The summed E-state index contributed by atoms with van der Waals surface area (Å²) in [6.45, 7) is 1.84. The fourth-order valence-corrected chi connectivity index (χ4v) is 2.89. The highest BCUT2D eigenvalue weighted by molar-refractivity contribution is 5.69. The summed E-state index contributed by atoms with van der Waals surface area (Å²) in [6.07, 6.45) is 0. The quantitative estimate of drug-likeness (QED) is 0.558. The summed E-state index contributed by atoms with van der Waals surface area (Å²) in [5.41, 5.74) is 4.61. The molecular formula is C22H20FNO4. The largest absolute Gasteiger partial charge is 0.508 e. The Bertz CT molecular complexity index is 1000. The van der Waals surface area contributed by atoms with E-state index in [9.17, 15) is 14.3 Å². The summed E-state index contributed by atoms with van der Waals surface area (Å²) in [7, 11) is 0. The molecule has 0 bridgehead atoms. The number of hydrogen-bond acceptors (Lipinski definition) is 4. The number of aromatic hydroxyl groups is 1. The molecule has 0 aliphatic carbocycles. The number of anilines is 1. The van der Waals surface area contributed by atoms with E-state index in [1.807, 2.05) is 37.3 Å². The van der Waals surface area contributed by atoms with Gasteiger partial charge in [0.1, 0.15) is 5.75 Å². The van der Waals surface area contributed by atoms with Crippen LogP contribution in [0.3, 0.4) is 0 Å². The Kier molecular flexibility index (Phi) is 5.79. The first-order valence-electron chi connectivity index (χ1n) is 8.69. The lowest BCUT2D eigenvalue weighted by Gasteiger charge is -2.11. The molecule has 0 heterocycles. The molecule has 0 aromatic heterocycles. The van der Waals surface area contributed by atoms with Gasteiger partial charge in [-0.15, -0.1) is 0 Å². The molecule has 0 saturated heterocycles. The predicted octanol–water partition coefficient (Wildman–Crippen LogP) is 4.58. The Morgan fingerprint density at radius 2 is 1.93 bits per heavy atom. The highest BCUT2D eigenvalue weighted by Gasteiger charge is 2.08. The summed E-state index contributed by atoms with van der Waals surface area (Å²) in [5.74, 6) is -1.65. The van der Waals surface area contributed by atoms with E-state index in [1.54, 1.807) is 18.2 Å². The molecule has 3 N–H and O–H groups in total. The lowest BCUT2D eigenvalue weighted by molar-refractivity contribution is -0.139. The Hall–Kier alpha value is -3.54. The van der Waals surface area contributed by atoms with E-state index < -0.39 is 18.4 Å². The SMILES string of the molecule is Cc1cc(O)ccc1-c1cccc(CNc2ccc(OCC(=O)O)c(F)c2)c1. The highest BCUT2D eigenvalue weighted by Crippen LogP contribution is 2.27. The number of benzene rings is 3. The Balaban J connectivity index is 1.70. The van der Waals surface area contributed by atoms with Crippen LogP contribution in [0.4, 0.5) is 10.1 Å². The smallest absolute Gasteiger partial charge is 0.341 e. The molecule has 0 spiro atoms. The zero-order valence-corrected chi connectivity index (χ0v) is 15.3. The van der Waals surface area contributed by atoms with Crippen LogP contribution in [-0.4, -0.2) is 22.8 Å². The van der Waals surface area contributed by atoms with Gasteiger partial charge in [-0.2, -0.15) is 0 Å². The average Bonchev–Trinajstić information content (AvgIpc) is 2.65. The van der Waals surface area contributed by atoms with Crippen molar-refractivity contribution >= 4 is 11.7 Å². The number of carboxylic acid groups (broad SMARTS) is 1. The molecule has 28 heavy (non-hydrogen) atoms. The van der Waals surface area contributed by atoms with Crippen molar-refractivity contribution in [2.45, 2.75) is 13.5 Å². The molecule has 0 radical (unpaired) electrons. The number of halogens is 1. The minimum absolute atomic E-state index is 0.0993. The first kappa shape index (κ1) is 19.2. The van der Waals surface area contributed by atoms with Crippen molar-refractivity contribution in [3.63, 3.8) is 0 Å². The third-order valence-electron chi connectivity index (χ3n) is 4.23. The molecule has 3 aromatic rings. The zero-order chi connectivity index (χ0) is 20.1. The molecule has 144 valence electrons. The first-order valence-corrected chi connectivity index (χ1v) is 8.69. The van der Waals surface area contributed by atoms with Crippen LogP contribution in [0.5, 0.6) is 11.5 Å². The fourth-order valence-electron chi connectivity index (χ4n) is 2.89. The highest BCUT2D eigenvalue weighted by atomic mass is 19.1. The van der Waals surface area contributed by atoms with Crippen LogP contribution in [0, 0.1) is 12.7 Å². The van der Waals surface area contributed by atoms with Gasteiger partial charge in [0, 0.05) is 18.3 Å². The standard InChI is InChI=1S/C22H20FNO4/c1-14-9-18(25)6-7-19(14)16-4-2-3-15(10-16)12-24-17-5-8-21(20(23)11-17)28-13-22(26)27/h2-11,24-25H,12-13H2,1H3,(H,26,27). The number of rotatable bonds is 7. The van der Waals surface area contributed by atoms with Crippen molar-refractivity contribution in [3.05, 3.63) is 77.6 Å². The second-order valence-corrected chi connectivity index (χ2v) is 6.38. The molecular weight excluding hydrogens is 361 g/mol. The molecule has 0 amide bonds. The number of aliphatic carboxylic acids is 1. The van der Waals surface area contributed by atoms with Gasteiger partial charge >= 0.3 is 5.97 Å². The Morgan fingerprint density at radius 3 is 2.64 bits per heavy atom. The van der Waals surface area contributed by atoms with Crippen LogP contribution in [0.2, 0.25) is 0 Å². The van der Waals surface area contributed by atoms with Crippen molar-refractivity contribution in [3.8, 4) is 22.6 Å². The first-order chi connectivity index (χ1) is 13.4. The molecule has 0 aliphatic heterocycles. The average molecular weight is 381 g/mol. The van der Waals surface area contributed by atoms with E-state index in [2.05, 4.69) is 5.32 Å². The van der Waals surface area contributed by atoms with Gasteiger partial charge in [0.2, 0.25) is 0 Å². The van der Waals surface area contributed by atoms with E-state index in [0.29, 0.717) is 12.2 Å². The van der Waals surface area contributed by atoms with E-state index in [4.69, 9.17) is 9.84 Å². The third kappa shape index (κ3) is 4.79. The second-order valence-electron chi connectivity index (χ2n) is 6.38. The van der Waals surface area contributed by atoms with Crippen LogP contribution >= 0.6 is 0 Å². The van der Waals surface area contributed by atoms with E-state index in [0.717, 1.165) is 22.3 Å².